The van der Waals surface area contributed by atoms with Gasteiger partial charge < -0.3 is 20.1 Å². The van der Waals surface area contributed by atoms with Gasteiger partial charge in [-0.25, -0.2) is 9.59 Å². The average Bonchev–Trinajstić information content (AvgIpc) is 3.04. The van der Waals surface area contributed by atoms with Crippen LogP contribution in [0.3, 0.4) is 0 Å². The Hall–Kier alpha value is -3.14. The molecular weight excluding hydrogens is 416 g/mol. The largest absolute Gasteiger partial charge is 0.448 e. The van der Waals surface area contributed by atoms with Crippen LogP contribution in [0.25, 0.3) is 0 Å². The minimum atomic E-state index is -0.498. The molecule has 0 aromatic heterocycles. The number of fused-ring (bicyclic) bond motifs is 1. The molecule has 0 spiro atoms. The summed E-state index contributed by atoms with van der Waals surface area (Å²) in [6.07, 6.45) is 0.613. The molecule has 0 saturated carbocycles. The van der Waals surface area contributed by atoms with Crippen molar-refractivity contribution in [2.24, 2.45) is 0 Å². The molecule has 0 aliphatic carbocycles. The number of nitrogens with zero attached hydrogens (tertiary/aromatic N) is 2. The highest BCUT2D eigenvalue weighted by Crippen LogP contribution is 2.22. The summed E-state index contributed by atoms with van der Waals surface area (Å²) in [4.78, 5) is 51.5. The topological polar surface area (TPSA) is 117 Å². The lowest BCUT2D eigenvalue weighted by molar-refractivity contribution is 0.0621. The fourth-order valence-electron chi connectivity index (χ4n) is 3.11. The molecule has 1 heterocycles. The number of imide groups is 1. The highest BCUT2D eigenvalue weighted by Gasteiger charge is 2.34. The molecule has 176 valence electrons. The summed E-state index contributed by atoms with van der Waals surface area (Å²) in [5.41, 5.74) is 0.798. The molecule has 2 N–H and O–H groups in total. The molecule has 0 unspecified atom stereocenters. The third kappa shape index (κ3) is 7.52. The number of rotatable bonds is 13. The summed E-state index contributed by atoms with van der Waals surface area (Å²) >= 11 is 0. The average molecular weight is 449 g/mol. The van der Waals surface area contributed by atoms with Gasteiger partial charge in [0, 0.05) is 39.3 Å². The van der Waals surface area contributed by atoms with Gasteiger partial charge in [0.2, 0.25) is 0 Å². The first kappa shape index (κ1) is 25.1. The van der Waals surface area contributed by atoms with E-state index in [2.05, 4.69) is 10.6 Å². The SMILES string of the molecule is CCCNC(=O)OCCN(CCOC(=O)NCCC)CCN1C(=O)c2ccccc2C1=O. The second-order valence-electron chi connectivity index (χ2n) is 7.27. The van der Waals surface area contributed by atoms with Gasteiger partial charge in [0.1, 0.15) is 13.2 Å². The summed E-state index contributed by atoms with van der Waals surface area (Å²) in [5, 5.41) is 5.25. The Bertz CT molecular complexity index is 739. The molecule has 0 saturated heterocycles. The van der Waals surface area contributed by atoms with E-state index >= 15 is 0 Å². The summed E-state index contributed by atoms with van der Waals surface area (Å²) < 4.78 is 10.3. The van der Waals surface area contributed by atoms with E-state index in [1.807, 2.05) is 18.7 Å². The lowest BCUT2D eigenvalue weighted by atomic mass is 10.1. The molecule has 1 aromatic carbocycles. The van der Waals surface area contributed by atoms with Crippen molar-refractivity contribution in [2.75, 3.05) is 52.5 Å². The smallest absolute Gasteiger partial charge is 0.407 e. The zero-order chi connectivity index (χ0) is 23.3. The maximum atomic E-state index is 12.6. The molecule has 1 aromatic rings. The van der Waals surface area contributed by atoms with Crippen LogP contribution in [0.15, 0.2) is 24.3 Å². The number of alkyl carbamates (subject to hydrolysis) is 2. The normalized spacial score (nSPS) is 12.7. The Labute approximate surface area is 188 Å². The van der Waals surface area contributed by atoms with Crippen molar-refractivity contribution in [3.8, 4) is 0 Å². The van der Waals surface area contributed by atoms with E-state index in [4.69, 9.17) is 9.47 Å². The molecule has 4 amide bonds. The highest BCUT2D eigenvalue weighted by atomic mass is 16.6. The predicted molar refractivity (Wildman–Crippen MR) is 118 cm³/mol. The summed E-state index contributed by atoms with van der Waals surface area (Å²) in [7, 11) is 0. The maximum Gasteiger partial charge on any atom is 0.407 e. The Morgan fingerprint density at radius 2 is 1.31 bits per heavy atom. The van der Waals surface area contributed by atoms with Crippen LogP contribution in [0.4, 0.5) is 9.59 Å². The minimum Gasteiger partial charge on any atom is -0.448 e. The van der Waals surface area contributed by atoms with Crippen molar-refractivity contribution < 1.29 is 28.7 Å². The van der Waals surface area contributed by atoms with E-state index in [0.29, 0.717) is 43.9 Å². The minimum absolute atomic E-state index is 0.125. The summed E-state index contributed by atoms with van der Waals surface area (Å²) in [6, 6.07) is 6.72. The monoisotopic (exact) mass is 448 g/mol. The lowest BCUT2D eigenvalue weighted by Gasteiger charge is -2.24. The maximum absolute atomic E-state index is 12.6. The Kier molecular flexibility index (Phi) is 10.5. The quantitative estimate of drug-likeness (QED) is 0.442. The third-order valence-corrected chi connectivity index (χ3v) is 4.84. The van der Waals surface area contributed by atoms with Gasteiger partial charge >= 0.3 is 12.2 Å². The highest BCUT2D eigenvalue weighted by molar-refractivity contribution is 6.21. The van der Waals surface area contributed by atoms with Crippen LogP contribution in [-0.4, -0.2) is 86.3 Å². The third-order valence-electron chi connectivity index (χ3n) is 4.84. The van der Waals surface area contributed by atoms with Crippen LogP contribution in [0.1, 0.15) is 47.4 Å². The van der Waals surface area contributed by atoms with Crippen molar-refractivity contribution >= 4 is 24.0 Å². The van der Waals surface area contributed by atoms with E-state index in [1.165, 1.54) is 4.90 Å². The van der Waals surface area contributed by atoms with Gasteiger partial charge in [-0.1, -0.05) is 26.0 Å². The van der Waals surface area contributed by atoms with Gasteiger partial charge in [-0.2, -0.15) is 0 Å². The number of carbonyl (C=O) groups is 4. The Morgan fingerprint density at radius 1 is 0.844 bits per heavy atom. The van der Waals surface area contributed by atoms with Crippen LogP contribution in [0, 0.1) is 0 Å². The van der Waals surface area contributed by atoms with Gasteiger partial charge in [-0.15, -0.1) is 0 Å². The number of hydrogen-bond acceptors (Lipinski definition) is 7. The molecule has 0 bridgehead atoms. The number of ether oxygens (including phenoxy) is 2. The molecule has 1 aliphatic heterocycles. The molecule has 0 fully saturated rings. The first-order valence-electron chi connectivity index (χ1n) is 11.0. The Balaban J connectivity index is 1.87. The number of nitrogens with one attached hydrogen (secondary N) is 2. The summed E-state index contributed by atoms with van der Waals surface area (Å²) in [6.45, 7) is 6.45. The zero-order valence-electron chi connectivity index (χ0n) is 18.7. The van der Waals surface area contributed by atoms with Crippen molar-refractivity contribution in [2.45, 2.75) is 26.7 Å². The van der Waals surface area contributed by atoms with Gasteiger partial charge in [-0.05, 0) is 25.0 Å². The fraction of sp³-hybridized carbons (Fsp3) is 0.545. The second kappa shape index (κ2) is 13.3. The summed E-state index contributed by atoms with van der Waals surface area (Å²) in [5.74, 6) is -0.646. The van der Waals surface area contributed by atoms with Crippen molar-refractivity contribution in [3.05, 3.63) is 35.4 Å². The molecule has 2 rings (SSSR count). The van der Waals surface area contributed by atoms with Crippen molar-refractivity contribution in [1.82, 2.24) is 20.4 Å². The first-order chi connectivity index (χ1) is 15.5. The van der Waals surface area contributed by atoms with Crippen LogP contribution >= 0.6 is 0 Å². The molecule has 10 nitrogen and oxygen atoms in total. The van der Waals surface area contributed by atoms with Crippen LogP contribution < -0.4 is 10.6 Å². The molecule has 0 radical (unpaired) electrons. The van der Waals surface area contributed by atoms with Gasteiger partial charge in [0.15, 0.2) is 0 Å². The van der Waals surface area contributed by atoms with E-state index < -0.39 is 12.2 Å². The van der Waals surface area contributed by atoms with Gasteiger partial charge in [-0.3, -0.25) is 19.4 Å². The van der Waals surface area contributed by atoms with Crippen LogP contribution in [-0.2, 0) is 9.47 Å². The molecule has 1 aliphatic rings. The van der Waals surface area contributed by atoms with E-state index in [-0.39, 0.29) is 31.6 Å². The second-order valence-corrected chi connectivity index (χ2v) is 7.27. The van der Waals surface area contributed by atoms with Crippen LogP contribution in [0.5, 0.6) is 0 Å². The predicted octanol–water partition coefficient (Wildman–Crippen LogP) is 1.86. The van der Waals surface area contributed by atoms with Crippen molar-refractivity contribution in [1.29, 1.82) is 0 Å². The van der Waals surface area contributed by atoms with Gasteiger partial charge in [0.05, 0.1) is 11.1 Å². The first-order valence-corrected chi connectivity index (χ1v) is 11.0. The van der Waals surface area contributed by atoms with Crippen molar-refractivity contribution in [3.63, 3.8) is 0 Å². The molecule has 0 atom stereocenters. The number of amides is 4. The number of hydrogen-bond donors (Lipinski definition) is 2. The molecule has 32 heavy (non-hydrogen) atoms. The van der Waals surface area contributed by atoms with Gasteiger partial charge in [0.25, 0.3) is 11.8 Å². The number of carbonyl (C=O) groups excluding carboxylic acids is 4. The van der Waals surface area contributed by atoms with E-state index in [0.717, 1.165) is 12.8 Å². The molecule has 10 heteroatoms. The zero-order valence-corrected chi connectivity index (χ0v) is 18.7. The standard InChI is InChI=1S/C22H32N4O6/c1-3-9-23-21(29)31-15-13-25(14-16-32-22(30)24-10-4-2)11-12-26-19(27)17-7-5-6-8-18(17)20(26)28/h5-8H,3-4,9-16H2,1-2H3,(H,23,29)(H,24,30). The number of benzene rings is 1. The lowest BCUT2D eigenvalue weighted by Crippen LogP contribution is -2.41. The Morgan fingerprint density at radius 3 is 1.75 bits per heavy atom. The van der Waals surface area contributed by atoms with E-state index in [1.54, 1.807) is 24.3 Å². The van der Waals surface area contributed by atoms with Crippen LogP contribution in [0.2, 0.25) is 0 Å². The molecular formula is C22H32N4O6. The van der Waals surface area contributed by atoms with E-state index in [9.17, 15) is 19.2 Å². The fourth-order valence-corrected chi connectivity index (χ4v) is 3.11.